The molecule has 0 bridgehead atoms. The first-order chi connectivity index (χ1) is 10.3. The molecule has 1 aliphatic rings. The number of likely N-dealkylation sites (tertiary alicyclic amines) is 1. The van der Waals surface area contributed by atoms with E-state index in [1.807, 2.05) is 20.8 Å². The standard InChI is InChI=1S/C14H19N3O5/c1-14(2,3)22-13(18)16-5-4-10(16)9-21-12-6-11(17(19)20)7-15-8-12/h6-8,10H,4-5,9H2,1-3H3/t10-/m0/s1. The number of nitro groups is 1. The molecule has 1 saturated heterocycles. The third-order valence-electron chi connectivity index (χ3n) is 3.12. The SMILES string of the molecule is CC(C)(C)OC(=O)N1CC[C@H]1COc1cncc([N+](=O)[O-])c1. The topological polar surface area (TPSA) is 94.8 Å². The predicted octanol–water partition coefficient (Wildman–Crippen LogP) is 2.38. The van der Waals surface area contributed by atoms with E-state index in [0.29, 0.717) is 12.3 Å². The summed E-state index contributed by atoms with van der Waals surface area (Å²) in [5.74, 6) is 0.310. The molecule has 0 saturated carbocycles. The Labute approximate surface area is 128 Å². The number of hydrogen-bond acceptors (Lipinski definition) is 6. The molecule has 1 amide bonds. The van der Waals surface area contributed by atoms with Gasteiger partial charge < -0.3 is 14.4 Å². The molecule has 1 aromatic heterocycles. The van der Waals surface area contributed by atoms with E-state index in [1.165, 1.54) is 12.3 Å². The Morgan fingerprint density at radius 3 is 2.77 bits per heavy atom. The average molecular weight is 309 g/mol. The molecule has 8 heteroatoms. The zero-order chi connectivity index (χ0) is 16.3. The lowest BCUT2D eigenvalue weighted by Gasteiger charge is -2.40. The minimum atomic E-state index is -0.540. The highest BCUT2D eigenvalue weighted by atomic mass is 16.6. The summed E-state index contributed by atoms with van der Waals surface area (Å²) in [6.07, 6.45) is 3.00. The number of amides is 1. The van der Waals surface area contributed by atoms with Gasteiger partial charge in [-0.05, 0) is 27.2 Å². The van der Waals surface area contributed by atoms with E-state index >= 15 is 0 Å². The molecule has 2 heterocycles. The lowest BCUT2D eigenvalue weighted by Crippen LogP contribution is -2.55. The fourth-order valence-corrected chi connectivity index (χ4v) is 1.95. The Balaban J connectivity index is 1.88. The predicted molar refractivity (Wildman–Crippen MR) is 77.7 cm³/mol. The average Bonchev–Trinajstić information content (AvgIpc) is 2.35. The van der Waals surface area contributed by atoms with Crippen LogP contribution >= 0.6 is 0 Å². The van der Waals surface area contributed by atoms with Gasteiger partial charge in [0, 0.05) is 6.54 Å². The zero-order valence-corrected chi connectivity index (χ0v) is 12.8. The molecule has 0 aliphatic carbocycles. The van der Waals surface area contributed by atoms with Crippen molar-refractivity contribution in [3.8, 4) is 5.75 Å². The second-order valence-electron chi connectivity index (χ2n) is 6.06. The summed E-state index contributed by atoms with van der Waals surface area (Å²) >= 11 is 0. The smallest absolute Gasteiger partial charge is 0.410 e. The molecule has 120 valence electrons. The van der Waals surface area contributed by atoms with Crippen LogP contribution in [0.2, 0.25) is 0 Å². The summed E-state index contributed by atoms with van der Waals surface area (Å²) in [5.41, 5.74) is -0.669. The van der Waals surface area contributed by atoms with Crippen LogP contribution in [0, 0.1) is 10.1 Å². The summed E-state index contributed by atoms with van der Waals surface area (Å²) in [6.45, 7) is 6.30. The van der Waals surface area contributed by atoms with E-state index in [-0.39, 0.29) is 24.4 Å². The number of rotatable bonds is 4. The molecule has 0 spiro atoms. The van der Waals surface area contributed by atoms with Crippen LogP contribution in [-0.4, -0.2) is 45.7 Å². The molecule has 22 heavy (non-hydrogen) atoms. The third-order valence-corrected chi connectivity index (χ3v) is 3.12. The van der Waals surface area contributed by atoms with Gasteiger partial charge in [-0.15, -0.1) is 0 Å². The van der Waals surface area contributed by atoms with E-state index in [1.54, 1.807) is 4.90 Å². The van der Waals surface area contributed by atoms with Crippen molar-refractivity contribution < 1.29 is 19.2 Å². The highest BCUT2D eigenvalue weighted by Gasteiger charge is 2.35. The van der Waals surface area contributed by atoms with Crippen LogP contribution in [0.15, 0.2) is 18.5 Å². The molecule has 0 radical (unpaired) electrons. The van der Waals surface area contributed by atoms with Crippen molar-refractivity contribution in [2.24, 2.45) is 0 Å². The van der Waals surface area contributed by atoms with Crippen LogP contribution in [0.3, 0.4) is 0 Å². The molecule has 1 aliphatic heterocycles. The van der Waals surface area contributed by atoms with Crippen molar-refractivity contribution in [1.29, 1.82) is 0 Å². The Morgan fingerprint density at radius 2 is 2.23 bits per heavy atom. The largest absolute Gasteiger partial charge is 0.490 e. The van der Waals surface area contributed by atoms with Crippen LogP contribution in [0.1, 0.15) is 27.2 Å². The van der Waals surface area contributed by atoms with E-state index in [9.17, 15) is 14.9 Å². The number of pyridine rings is 1. The minimum Gasteiger partial charge on any atom is -0.490 e. The molecule has 1 fully saturated rings. The summed E-state index contributed by atoms with van der Waals surface area (Å²) in [6, 6.07) is 1.22. The second-order valence-corrected chi connectivity index (χ2v) is 6.06. The molecule has 2 rings (SSSR count). The Bertz CT molecular complexity index is 570. The molecule has 0 N–H and O–H groups in total. The molecular formula is C14H19N3O5. The molecule has 0 unspecified atom stereocenters. The van der Waals surface area contributed by atoms with Crippen LogP contribution in [0.25, 0.3) is 0 Å². The third kappa shape index (κ3) is 4.06. The minimum absolute atomic E-state index is 0.0888. The van der Waals surface area contributed by atoms with Crippen LogP contribution < -0.4 is 4.74 Å². The van der Waals surface area contributed by atoms with Crippen LogP contribution in [0.4, 0.5) is 10.5 Å². The monoisotopic (exact) mass is 309 g/mol. The van der Waals surface area contributed by atoms with Gasteiger partial charge in [0.1, 0.15) is 24.2 Å². The van der Waals surface area contributed by atoms with Crippen molar-refractivity contribution in [3.63, 3.8) is 0 Å². The van der Waals surface area contributed by atoms with Crippen LogP contribution in [0.5, 0.6) is 5.75 Å². The number of ether oxygens (including phenoxy) is 2. The van der Waals surface area contributed by atoms with Gasteiger partial charge in [-0.3, -0.25) is 15.1 Å². The molecule has 0 aromatic carbocycles. The maximum atomic E-state index is 12.0. The van der Waals surface area contributed by atoms with Gasteiger partial charge in [0.15, 0.2) is 0 Å². The van der Waals surface area contributed by atoms with E-state index in [4.69, 9.17) is 9.47 Å². The number of carbonyl (C=O) groups excluding carboxylic acids is 1. The lowest BCUT2D eigenvalue weighted by molar-refractivity contribution is -0.385. The maximum absolute atomic E-state index is 12.0. The van der Waals surface area contributed by atoms with Crippen molar-refractivity contribution in [2.45, 2.75) is 38.8 Å². The number of carbonyl (C=O) groups is 1. The quantitative estimate of drug-likeness (QED) is 0.626. The van der Waals surface area contributed by atoms with E-state index in [2.05, 4.69) is 4.98 Å². The van der Waals surface area contributed by atoms with Gasteiger partial charge in [-0.25, -0.2) is 4.79 Å². The van der Waals surface area contributed by atoms with Gasteiger partial charge in [0.2, 0.25) is 0 Å². The summed E-state index contributed by atoms with van der Waals surface area (Å²) in [4.78, 5) is 27.4. The Hall–Kier alpha value is -2.38. The lowest BCUT2D eigenvalue weighted by atomic mass is 10.1. The number of aromatic nitrogens is 1. The van der Waals surface area contributed by atoms with Gasteiger partial charge in [0.05, 0.1) is 23.2 Å². The van der Waals surface area contributed by atoms with Gasteiger partial charge in [-0.2, -0.15) is 0 Å². The van der Waals surface area contributed by atoms with Crippen LogP contribution in [-0.2, 0) is 4.74 Å². The first-order valence-corrected chi connectivity index (χ1v) is 6.98. The fourth-order valence-electron chi connectivity index (χ4n) is 1.95. The number of nitrogens with zero attached hydrogens (tertiary/aromatic N) is 3. The van der Waals surface area contributed by atoms with Gasteiger partial charge >= 0.3 is 6.09 Å². The molecule has 1 atom stereocenters. The Kier molecular flexibility index (Phi) is 4.48. The van der Waals surface area contributed by atoms with E-state index in [0.717, 1.165) is 12.6 Å². The van der Waals surface area contributed by atoms with Gasteiger partial charge in [-0.1, -0.05) is 0 Å². The summed E-state index contributed by atoms with van der Waals surface area (Å²) < 4.78 is 10.8. The molecule has 8 nitrogen and oxygen atoms in total. The maximum Gasteiger partial charge on any atom is 0.410 e. The number of hydrogen-bond donors (Lipinski definition) is 0. The highest BCUT2D eigenvalue weighted by Crippen LogP contribution is 2.23. The van der Waals surface area contributed by atoms with Crippen molar-refractivity contribution in [1.82, 2.24) is 9.88 Å². The van der Waals surface area contributed by atoms with Gasteiger partial charge in [0.25, 0.3) is 5.69 Å². The van der Waals surface area contributed by atoms with Crippen molar-refractivity contribution in [2.75, 3.05) is 13.2 Å². The second kappa shape index (κ2) is 6.17. The molecule has 1 aromatic rings. The zero-order valence-electron chi connectivity index (χ0n) is 12.8. The van der Waals surface area contributed by atoms with E-state index < -0.39 is 10.5 Å². The molecular weight excluding hydrogens is 290 g/mol. The normalized spacial score (nSPS) is 17.6. The summed E-state index contributed by atoms with van der Waals surface area (Å²) in [7, 11) is 0. The first-order valence-electron chi connectivity index (χ1n) is 6.98. The summed E-state index contributed by atoms with van der Waals surface area (Å²) in [5, 5.41) is 10.7. The fraction of sp³-hybridized carbons (Fsp3) is 0.571. The Morgan fingerprint density at radius 1 is 1.50 bits per heavy atom. The van der Waals surface area contributed by atoms with Crippen molar-refractivity contribution in [3.05, 3.63) is 28.6 Å². The van der Waals surface area contributed by atoms with Crippen molar-refractivity contribution >= 4 is 11.8 Å². The first kappa shape index (κ1) is 16.0. The highest BCUT2D eigenvalue weighted by molar-refractivity contribution is 5.69.